The Morgan fingerprint density at radius 3 is 2.32 bits per heavy atom. The van der Waals surface area contributed by atoms with Gasteiger partial charge in [-0.3, -0.25) is 0 Å². The first-order valence-electron chi connectivity index (χ1n) is 8.87. The summed E-state index contributed by atoms with van der Waals surface area (Å²) in [6.45, 7) is 12.9. The van der Waals surface area contributed by atoms with Crippen LogP contribution in [0.5, 0.6) is 0 Å². The van der Waals surface area contributed by atoms with Gasteiger partial charge < -0.3 is 17.3 Å². The number of benzene rings is 2. The predicted octanol–water partition coefficient (Wildman–Crippen LogP) is 1.06. The number of anilines is 1. The zero-order chi connectivity index (χ0) is 17.1. The van der Waals surface area contributed by atoms with Gasteiger partial charge in [0.1, 0.15) is 13.1 Å². The van der Waals surface area contributed by atoms with Gasteiger partial charge in [-0.2, -0.15) is 0 Å². The highest BCUT2D eigenvalue weighted by molar-refractivity contribution is 7.21. The zero-order valence-corrected chi connectivity index (χ0v) is 17.0. The van der Waals surface area contributed by atoms with Crippen LogP contribution in [-0.4, -0.2) is 31.2 Å². The summed E-state index contributed by atoms with van der Waals surface area (Å²) in [5.74, 6) is 0. The SMILES string of the molecule is CCN(CC)c1ccc2nc3ccc(=[N+](CC)CC)cc-3sc2c1.[Cl-]. The van der Waals surface area contributed by atoms with Gasteiger partial charge in [0.05, 0.1) is 20.8 Å². The van der Waals surface area contributed by atoms with E-state index in [2.05, 4.69) is 73.6 Å². The highest BCUT2D eigenvalue weighted by Crippen LogP contribution is 2.31. The van der Waals surface area contributed by atoms with Gasteiger partial charge in [-0.1, -0.05) is 0 Å². The van der Waals surface area contributed by atoms with Crippen molar-refractivity contribution in [2.24, 2.45) is 0 Å². The molecule has 0 N–H and O–H groups in total. The number of nitrogens with zero attached hydrogens (tertiary/aromatic N) is 3. The first-order chi connectivity index (χ1) is 11.7. The molecule has 0 unspecified atom stereocenters. The lowest BCUT2D eigenvalue weighted by molar-refractivity contribution is -0.00000500. The first-order valence-corrected chi connectivity index (χ1v) is 9.69. The molecule has 0 saturated carbocycles. The maximum absolute atomic E-state index is 4.86. The summed E-state index contributed by atoms with van der Waals surface area (Å²) < 4.78 is 3.63. The van der Waals surface area contributed by atoms with Crippen molar-refractivity contribution in [3.63, 3.8) is 0 Å². The van der Waals surface area contributed by atoms with E-state index in [-0.39, 0.29) is 12.4 Å². The normalized spacial score (nSPS) is 10.7. The summed E-state index contributed by atoms with van der Waals surface area (Å²) in [6, 6.07) is 13.2. The van der Waals surface area contributed by atoms with E-state index < -0.39 is 0 Å². The number of fused-ring (bicyclic) bond motifs is 2. The maximum Gasteiger partial charge on any atom is 0.201 e. The summed E-state index contributed by atoms with van der Waals surface area (Å²) >= 11 is 1.84. The topological polar surface area (TPSA) is 19.1 Å². The fourth-order valence-electron chi connectivity index (χ4n) is 3.17. The average molecular weight is 376 g/mol. The molecule has 0 atom stereocenters. The number of halogens is 1. The quantitative estimate of drug-likeness (QED) is 0.490. The van der Waals surface area contributed by atoms with Crippen LogP contribution >= 0.6 is 11.3 Å². The van der Waals surface area contributed by atoms with Gasteiger partial charge in [-0.05, 0) is 52.0 Å². The molecule has 1 aromatic rings. The molecule has 2 aliphatic rings. The number of aromatic nitrogens is 1. The molecule has 1 aromatic carbocycles. The summed E-state index contributed by atoms with van der Waals surface area (Å²) in [7, 11) is 0. The molecule has 1 aliphatic carbocycles. The molecule has 1 aliphatic heterocycles. The molecule has 0 fully saturated rings. The maximum atomic E-state index is 4.86. The lowest BCUT2D eigenvalue weighted by atomic mass is 10.2. The average Bonchev–Trinajstić information content (AvgIpc) is 2.62. The Hall–Kier alpha value is -1.65. The van der Waals surface area contributed by atoms with Crippen LogP contribution in [0.1, 0.15) is 27.7 Å². The number of hydrogen-bond acceptors (Lipinski definition) is 3. The van der Waals surface area contributed by atoms with Gasteiger partial charge in [-0.25, -0.2) is 9.56 Å². The van der Waals surface area contributed by atoms with E-state index in [1.165, 1.54) is 20.6 Å². The Bertz CT molecular complexity index is 878. The lowest BCUT2D eigenvalue weighted by Crippen LogP contribution is -3.00. The molecule has 0 radical (unpaired) electrons. The van der Waals surface area contributed by atoms with E-state index in [0.29, 0.717) is 0 Å². The molecule has 0 spiro atoms. The van der Waals surface area contributed by atoms with E-state index in [1.807, 2.05) is 11.3 Å². The van der Waals surface area contributed by atoms with Crippen LogP contribution in [0.2, 0.25) is 0 Å². The molecule has 134 valence electrons. The molecule has 0 aromatic heterocycles. The Kier molecular flexibility index (Phi) is 6.79. The highest BCUT2D eigenvalue weighted by Gasteiger charge is 2.11. The van der Waals surface area contributed by atoms with Crippen molar-refractivity contribution in [2.45, 2.75) is 27.7 Å². The smallest absolute Gasteiger partial charge is 0.201 e. The van der Waals surface area contributed by atoms with Crippen LogP contribution in [0, 0.1) is 0 Å². The van der Waals surface area contributed by atoms with E-state index in [0.717, 1.165) is 37.4 Å². The van der Waals surface area contributed by atoms with Gasteiger partial charge in [0.15, 0.2) is 0 Å². The first kappa shape index (κ1) is 19.7. The van der Waals surface area contributed by atoms with Crippen molar-refractivity contribution in [1.29, 1.82) is 0 Å². The Labute approximate surface area is 160 Å². The zero-order valence-electron chi connectivity index (χ0n) is 15.4. The largest absolute Gasteiger partial charge is 1.00 e. The van der Waals surface area contributed by atoms with E-state index in [4.69, 9.17) is 4.98 Å². The van der Waals surface area contributed by atoms with Gasteiger partial charge >= 0.3 is 0 Å². The van der Waals surface area contributed by atoms with E-state index in [1.54, 1.807) is 0 Å². The Morgan fingerprint density at radius 1 is 0.960 bits per heavy atom. The fourth-order valence-corrected chi connectivity index (χ4v) is 4.21. The van der Waals surface area contributed by atoms with Crippen molar-refractivity contribution < 1.29 is 12.4 Å². The molecular weight excluding hydrogens is 350 g/mol. The van der Waals surface area contributed by atoms with Crippen molar-refractivity contribution >= 4 is 27.2 Å². The molecule has 0 saturated heterocycles. The summed E-state index contributed by atoms with van der Waals surface area (Å²) in [5.41, 5.74) is 3.45. The molecule has 1 heterocycles. The second-order valence-corrected chi connectivity index (χ2v) is 6.95. The standard InChI is InChI=1S/C20H26N3S.ClH/c1-5-22(6-2)15-9-11-17-19(13-15)24-20-14-16(23(7-3)8-4)10-12-18(20)21-17;/h9-14H,5-8H2,1-4H3;1H/q+1;/p-1. The van der Waals surface area contributed by atoms with Crippen molar-refractivity contribution in [3.05, 3.63) is 41.8 Å². The second kappa shape index (κ2) is 8.63. The lowest BCUT2D eigenvalue weighted by Gasteiger charge is -2.21. The Morgan fingerprint density at radius 2 is 1.68 bits per heavy atom. The number of rotatable bonds is 5. The fraction of sp³-hybridized carbons (Fsp3) is 0.400. The third kappa shape index (κ3) is 3.96. The van der Waals surface area contributed by atoms with E-state index >= 15 is 0 Å². The number of hydrogen-bond donors (Lipinski definition) is 0. The predicted molar refractivity (Wildman–Crippen MR) is 106 cm³/mol. The molecule has 5 heteroatoms. The third-order valence-corrected chi connectivity index (χ3v) is 5.70. The van der Waals surface area contributed by atoms with Crippen LogP contribution in [0.3, 0.4) is 0 Å². The van der Waals surface area contributed by atoms with Gasteiger partial charge in [0, 0.05) is 30.9 Å². The van der Waals surface area contributed by atoms with Crippen LogP contribution < -0.4 is 27.2 Å². The Balaban J connectivity index is 0.00000225. The monoisotopic (exact) mass is 375 g/mol. The van der Waals surface area contributed by atoms with Crippen LogP contribution in [0.4, 0.5) is 5.69 Å². The van der Waals surface area contributed by atoms with Crippen LogP contribution in [0.25, 0.3) is 20.8 Å². The van der Waals surface area contributed by atoms with Gasteiger partial charge in [0.25, 0.3) is 0 Å². The minimum Gasteiger partial charge on any atom is -1.00 e. The molecule has 0 bridgehead atoms. The molecule has 25 heavy (non-hydrogen) atoms. The molecule has 0 amide bonds. The molecule has 3 nitrogen and oxygen atoms in total. The van der Waals surface area contributed by atoms with Crippen LogP contribution in [0.15, 0.2) is 36.4 Å². The van der Waals surface area contributed by atoms with Crippen LogP contribution in [-0.2, 0) is 0 Å². The third-order valence-electron chi connectivity index (χ3n) is 4.60. The van der Waals surface area contributed by atoms with E-state index in [9.17, 15) is 0 Å². The van der Waals surface area contributed by atoms with Crippen molar-refractivity contribution in [3.8, 4) is 10.6 Å². The minimum absolute atomic E-state index is 0. The second-order valence-electron chi connectivity index (χ2n) is 5.86. The molecule has 3 rings (SSSR count). The van der Waals surface area contributed by atoms with Crippen molar-refractivity contribution in [2.75, 3.05) is 31.1 Å². The summed E-state index contributed by atoms with van der Waals surface area (Å²) in [6.07, 6.45) is 0. The van der Waals surface area contributed by atoms with Gasteiger partial charge in [0.2, 0.25) is 5.36 Å². The van der Waals surface area contributed by atoms with Crippen molar-refractivity contribution in [1.82, 2.24) is 9.56 Å². The van der Waals surface area contributed by atoms with Gasteiger partial charge in [-0.15, -0.1) is 11.3 Å². The highest BCUT2D eigenvalue weighted by atomic mass is 35.5. The minimum atomic E-state index is 0. The summed E-state index contributed by atoms with van der Waals surface area (Å²) in [4.78, 5) is 8.49. The summed E-state index contributed by atoms with van der Waals surface area (Å²) in [5, 5.41) is 1.28. The molecular formula is C20H26ClN3S.